The van der Waals surface area contributed by atoms with E-state index in [1.807, 2.05) is 26.0 Å². The summed E-state index contributed by atoms with van der Waals surface area (Å²) in [7, 11) is 0. The second-order valence-electron chi connectivity index (χ2n) is 5.12. The molecular formula is C17H18BrClFN. The van der Waals surface area contributed by atoms with Crippen LogP contribution in [0.25, 0.3) is 0 Å². The molecule has 0 spiro atoms. The topological polar surface area (TPSA) is 12.0 Å². The van der Waals surface area contributed by atoms with Crippen LogP contribution >= 0.6 is 27.5 Å². The molecule has 0 aromatic heterocycles. The molecule has 2 aromatic rings. The van der Waals surface area contributed by atoms with E-state index in [1.54, 1.807) is 12.1 Å². The number of rotatable bonds is 4. The average Bonchev–Trinajstić information content (AvgIpc) is 2.44. The smallest absolute Gasteiger partial charge is 0.148 e. The van der Waals surface area contributed by atoms with Gasteiger partial charge in [0.15, 0.2) is 0 Å². The van der Waals surface area contributed by atoms with Crippen LogP contribution in [-0.4, -0.2) is 6.54 Å². The zero-order valence-corrected chi connectivity index (χ0v) is 14.6. The Kier molecular flexibility index (Phi) is 5.42. The quantitative estimate of drug-likeness (QED) is 0.695. The minimum absolute atomic E-state index is 0.125. The Morgan fingerprint density at radius 3 is 2.48 bits per heavy atom. The molecule has 0 saturated carbocycles. The van der Waals surface area contributed by atoms with Crippen LogP contribution in [0.15, 0.2) is 34.8 Å². The molecule has 112 valence electrons. The summed E-state index contributed by atoms with van der Waals surface area (Å²) in [6.07, 6.45) is 0. The van der Waals surface area contributed by atoms with E-state index in [-0.39, 0.29) is 16.9 Å². The van der Waals surface area contributed by atoms with Crippen molar-refractivity contribution in [3.8, 4) is 0 Å². The first-order chi connectivity index (χ1) is 9.95. The van der Waals surface area contributed by atoms with Gasteiger partial charge in [-0.25, -0.2) is 4.39 Å². The summed E-state index contributed by atoms with van der Waals surface area (Å²) in [5, 5.41) is 3.47. The van der Waals surface area contributed by atoms with Gasteiger partial charge in [-0.15, -0.1) is 0 Å². The summed E-state index contributed by atoms with van der Waals surface area (Å²) in [6, 6.07) is 9.56. The van der Waals surface area contributed by atoms with Crippen LogP contribution in [0.1, 0.15) is 35.2 Å². The van der Waals surface area contributed by atoms with Crippen molar-refractivity contribution >= 4 is 27.5 Å². The Morgan fingerprint density at radius 2 is 1.86 bits per heavy atom. The number of hydrogen-bond acceptors (Lipinski definition) is 1. The fourth-order valence-corrected chi connectivity index (χ4v) is 2.98. The predicted molar refractivity (Wildman–Crippen MR) is 90.5 cm³/mol. The van der Waals surface area contributed by atoms with E-state index in [1.165, 1.54) is 5.56 Å². The largest absolute Gasteiger partial charge is 0.306 e. The van der Waals surface area contributed by atoms with Gasteiger partial charge in [0, 0.05) is 10.0 Å². The van der Waals surface area contributed by atoms with Gasteiger partial charge in [-0.1, -0.05) is 48.4 Å². The highest BCUT2D eigenvalue weighted by Crippen LogP contribution is 2.34. The molecule has 0 bridgehead atoms. The summed E-state index contributed by atoms with van der Waals surface area (Å²) in [5.74, 6) is -0.378. The van der Waals surface area contributed by atoms with Crippen LogP contribution in [0.4, 0.5) is 4.39 Å². The van der Waals surface area contributed by atoms with Gasteiger partial charge in [0.1, 0.15) is 5.82 Å². The summed E-state index contributed by atoms with van der Waals surface area (Å²) < 4.78 is 15.1. The normalized spacial score (nSPS) is 12.5. The molecule has 1 nitrogen and oxygen atoms in total. The Bertz CT molecular complexity index is 657. The molecule has 2 rings (SSSR count). The molecule has 1 N–H and O–H groups in total. The highest BCUT2D eigenvalue weighted by Gasteiger charge is 2.21. The van der Waals surface area contributed by atoms with Crippen LogP contribution < -0.4 is 5.32 Å². The summed E-state index contributed by atoms with van der Waals surface area (Å²) >= 11 is 9.29. The first-order valence-corrected chi connectivity index (χ1v) is 8.06. The van der Waals surface area contributed by atoms with Crippen molar-refractivity contribution in [2.75, 3.05) is 6.54 Å². The van der Waals surface area contributed by atoms with Gasteiger partial charge in [-0.2, -0.15) is 0 Å². The monoisotopic (exact) mass is 369 g/mol. The van der Waals surface area contributed by atoms with Gasteiger partial charge >= 0.3 is 0 Å². The molecule has 0 heterocycles. The Morgan fingerprint density at radius 1 is 1.19 bits per heavy atom. The fraction of sp³-hybridized carbons (Fsp3) is 0.294. The van der Waals surface area contributed by atoms with Crippen molar-refractivity contribution < 1.29 is 4.39 Å². The van der Waals surface area contributed by atoms with Gasteiger partial charge in [-0.05, 0) is 53.5 Å². The average molecular weight is 371 g/mol. The Balaban J connectivity index is 2.56. The van der Waals surface area contributed by atoms with Gasteiger partial charge in [0.2, 0.25) is 0 Å². The maximum atomic E-state index is 14.5. The van der Waals surface area contributed by atoms with Gasteiger partial charge in [0.25, 0.3) is 0 Å². The number of aryl methyl sites for hydroxylation is 2. The van der Waals surface area contributed by atoms with Crippen molar-refractivity contribution in [3.63, 3.8) is 0 Å². The van der Waals surface area contributed by atoms with E-state index >= 15 is 0 Å². The third kappa shape index (κ3) is 3.47. The van der Waals surface area contributed by atoms with Crippen molar-refractivity contribution in [2.45, 2.75) is 26.8 Å². The fourth-order valence-electron chi connectivity index (χ4n) is 2.50. The maximum Gasteiger partial charge on any atom is 0.148 e. The molecule has 1 unspecified atom stereocenters. The zero-order valence-electron chi connectivity index (χ0n) is 12.3. The molecule has 1 atom stereocenters. The highest BCUT2D eigenvalue weighted by atomic mass is 79.9. The molecule has 4 heteroatoms. The summed E-state index contributed by atoms with van der Waals surface area (Å²) in [6.45, 7) is 6.85. The molecule has 0 saturated heterocycles. The molecule has 0 radical (unpaired) electrons. The minimum atomic E-state index is -0.378. The van der Waals surface area contributed by atoms with Crippen molar-refractivity contribution in [1.29, 1.82) is 0 Å². The van der Waals surface area contributed by atoms with E-state index in [0.29, 0.717) is 10.0 Å². The van der Waals surface area contributed by atoms with Gasteiger partial charge in [0.05, 0.1) is 11.1 Å². The van der Waals surface area contributed by atoms with Crippen molar-refractivity contribution in [1.82, 2.24) is 5.32 Å². The SMILES string of the molecule is CCNC(c1ccc(C)cc1C)c1ccc(Br)c(Cl)c1F. The lowest BCUT2D eigenvalue weighted by atomic mass is 9.93. The summed E-state index contributed by atoms with van der Waals surface area (Å²) in [5.41, 5.74) is 3.97. The lowest BCUT2D eigenvalue weighted by molar-refractivity contribution is 0.557. The maximum absolute atomic E-state index is 14.5. The molecule has 2 aromatic carbocycles. The Hall–Kier alpha value is -0.900. The van der Waals surface area contributed by atoms with E-state index in [4.69, 9.17) is 11.6 Å². The molecule has 0 aliphatic heterocycles. The number of benzene rings is 2. The predicted octanol–water partition coefficient (Wildman–Crippen LogP) is 5.56. The van der Waals surface area contributed by atoms with Crippen LogP contribution in [0.5, 0.6) is 0 Å². The van der Waals surface area contributed by atoms with E-state index < -0.39 is 0 Å². The molecule has 0 amide bonds. The lowest BCUT2D eigenvalue weighted by Crippen LogP contribution is -2.24. The lowest BCUT2D eigenvalue weighted by Gasteiger charge is -2.22. The second kappa shape index (κ2) is 6.91. The summed E-state index contributed by atoms with van der Waals surface area (Å²) in [4.78, 5) is 0. The molecule has 21 heavy (non-hydrogen) atoms. The third-order valence-corrected chi connectivity index (χ3v) is 4.78. The van der Waals surface area contributed by atoms with Gasteiger partial charge in [-0.3, -0.25) is 0 Å². The van der Waals surface area contributed by atoms with Crippen molar-refractivity contribution in [3.05, 3.63) is 67.9 Å². The van der Waals surface area contributed by atoms with E-state index in [9.17, 15) is 4.39 Å². The molecule has 0 aliphatic rings. The van der Waals surface area contributed by atoms with E-state index in [0.717, 1.165) is 17.7 Å². The van der Waals surface area contributed by atoms with Crippen LogP contribution in [0.2, 0.25) is 5.02 Å². The second-order valence-corrected chi connectivity index (χ2v) is 6.35. The Labute approximate surface area is 138 Å². The van der Waals surface area contributed by atoms with Crippen LogP contribution in [-0.2, 0) is 0 Å². The van der Waals surface area contributed by atoms with Crippen LogP contribution in [0.3, 0.4) is 0 Å². The first kappa shape index (κ1) is 16.5. The molecule has 0 aliphatic carbocycles. The molecule has 0 fully saturated rings. The zero-order chi connectivity index (χ0) is 15.6. The number of halogens is 3. The highest BCUT2D eigenvalue weighted by molar-refractivity contribution is 9.10. The third-order valence-electron chi connectivity index (χ3n) is 3.52. The van der Waals surface area contributed by atoms with Gasteiger partial charge < -0.3 is 5.32 Å². The van der Waals surface area contributed by atoms with E-state index in [2.05, 4.69) is 34.2 Å². The molecular weight excluding hydrogens is 353 g/mol. The standard InChI is InChI=1S/C17H18BrClFN/c1-4-21-17(12-6-5-10(2)9-11(12)3)13-7-8-14(18)15(19)16(13)20/h5-9,17,21H,4H2,1-3H3. The minimum Gasteiger partial charge on any atom is -0.306 e. The number of hydrogen-bond donors (Lipinski definition) is 1. The number of nitrogens with one attached hydrogen (secondary N) is 1. The van der Waals surface area contributed by atoms with Crippen LogP contribution in [0, 0.1) is 19.7 Å². The van der Waals surface area contributed by atoms with Crippen molar-refractivity contribution in [2.24, 2.45) is 0 Å². The first-order valence-electron chi connectivity index (χ1n) is 6.89.